The summed E-state index contributed by atoms with van der Waals surface area (Å²) in [6.07, 6.45) is 3.00. The quantitative estimate of drug-likeness (QED) is 0.784. The van der Waals surface area contributed by atoms with E-state index in [2.05, 4.69) is 10.3 Å². The summed E-state index contributed by atoms with van der Waals surface area (Å²) in [6, 6.07) is 6.88. The van der Waals surface area contributed by atoms with Gasteiger partial charge in [-0.15, -0.1) is 11.3 Å². The highest BCUT2D eigenvalue weighted by molar-refractivity contribution is 7.16. The van der Waals surface area contributed by atoms with Crippen molar-refractivity contribution < 1.29 is 9.59 Å². The standard InChI is InChI=1S/C16H17ClN2O2S.C2H6/c1-3-5-13(10(2)20)19-15(21)14-9-18-16(22-14)11-6-4-7-12(17)8-11;1-2/h4,6-9,13H,3,5H2,1-2H3,(H,19,21);1-2H3. The predicted octanol–water partition coefficient (Wildman–Crippen LogP) is 4.98. The highest BCUT2D eigenvalue weighted by atomic mass is 35.5. The van der Waals surface area contributed by atoms with Gasteiger partial charge >= 0.3 is 0 Å². The van der Waals surface area contributed by atoms with E-state index < -0.39 is 6.04 Å². The summed E-state index contributed by atoms with van der Waals surface area (Å²) in [4.78, 5) is 28.5. The summed E-state index contributed by atoms with van der Waals surface area (Å²) in [6.45, 7) is 7.47. The number of rotatable bonds is 6. The molecule has 0 saturated heterocycles. The summed E-state index contributed by atoms with van der Waals surface area (Å²) in [5, 5.41) is 4.11. The van der Waals surface area contributed by atoms with Gasteiger partial charge in [0.15, 0.2) is 5.78 Å². The third-order valence-corrected chi connectivity index (χ3v) is 4.45. The number of carbonyl (C=O) groups excluding carboxylic acids is 2. The first kappa shape index (κ1) is 20.3. The van der Waals surface area contributed by atoms with E-state index >= 15 is 0 Å². The van der Waals surface area contributed by atoms with Gasteiger partial charge in [0.1, 0.15) is 9.88 Å². The van der Waals surface area contributed by atoms with E-state index in [1.807, 2.05) is 32.9 Å². The zero-order valence-electron chi connectivity index (χ0n) is 14.4. The molecule has 1 aromatic carbocycles. The summed E-state index contributed by atoms with van der Waals surface area (Å²) >= 11 is 7.24. The number of carbonyl (C=O) groups is 2. The van der Waals surface area contributed by atoms with Gasteiger partial charge in [0.05, 0.1) is 12.2 Å². The van der Waals surface area contributed by atoms with Gasteiger partial charge in [-0.05, 0) is 25.5 Å². The number of Topliss-reactive ketones (excluding diaryl/α,β-unsaturated/α-hetero) is 1. The van der Waals surface area contributed by atoms with Gasteiger partial charge in [-0.25, -0.2) is 4.98 Å². The molecule has 1 N–H and O–H groups in total. The number of hydrogen-bond donors (Lipinski definition) is 1. The lowest BCUT2D eigenvalue weighted by Gasteiger charge is -2.13. The Hall–Kier alpha value is -1.72. The fourth-order valence-electron chi connectivity index (χ4n) is 2.03. The highest BCUT2D eigenvalue weighted by Crippen LogP contribution is 2.27. The van der Waals surface area contributed by atoms with Crippen LogP contribution in [0.15, 0.2) is 30.5 Å². The van der Waals surface area contributed by atoms with Crippen LogP contribution >= 0.6 is 22.9 Å². The van der Waals surface area contributed by atoms with Crippen LogP contribution < -0.4 is 5.32 Å². The molecule has 24 heavy (non-hydrogen) atoms. The molecule has 2 rings (SSSR count). The van der Waals surface area contributed by atoms with Crippen molar-refractivity contribution in [3.63, 3.8) is 0 Å². The third-order valence-electron chi connectivity index (χ3n) is 3.17. The van der Waals surface area contributed by atoms with Crippen molar-refractivity contribution in [2.45, 2.75) is 46.6 Å². The van der Waals surface area contributed by atoms with E-state index in [-0.39, 0.29) is 11.7 Å². The van der Waals surface area contributed by atoms with Gasteiger partial charge in [0, 0.05) is 10.6 Å². The van der Waals surface area contributed by atoms with Crippen LogP contribution in [0.25, 0.3) is 10.6 Å². The lowest BCUT2D eigenvalue weighted by molar-refractivity contribution is -0.118. The first-order valence-electron chi connectivity index (χ1n) is 8.04. The normalized spacial score (nSPS) is 11.2. The van der Waals surface area contributed by atoms with E-state index in [1.165, 1.54) is 24.5 Å². The molecule has 0 spiro atoms. The zero-order chi connectivity index (χ0) is 18.1. The highest BCUT2D eigenvalue weighted by Gasteiger charge is 2.19. The zero-order valence-corrected chi connectivity index (χ0v) is 16.0. The lowest BCUT2D eigenvalue weighted by Crippen LogP contribution is -2.39. The Bertz CT molecular complexity index is 685. The summed E-state index contributed by atoms with van der Waals surface area (Å²) in [5.41, 5.74) is 0.869. The smallest absolute Gasteiger partial charge is 0.263 e. The maximum atomic E-state index is 12.2. The number of benzene rings is 1. The number of hydrogen-bond acceptors (Lipinski definition) is 4. The van der Waals surface area contributed by atoms with E-state index in [1.54, 1.807) is 12.1 Å². The third kappa shape index (κ3) is 5.73. The molecule has 0 saturated carbocycles. The summed E-state index contributed by atoms with van der Waals surface area (Å²) in [7, 11) is 0. The largest absolute Gasteiger partial charge is 0.341 e. The van der Waals surface area contributed by atoms with Gasteiger partial charge < -0.3 is 5.32 Å². The molecule has 2 aromatic rings. The van der Waals surface area contributed by atoms with Crippen molar-refractivity contribution in [3.05, 3.63) is 40.4 Å². The molecule has 1 amide bonds. The van der Waals surface area contributed by atoms with Gasteiger partial charge in [-0.3, -0.25) is 9.59 Å². The summed E-state index contributed by atoms with van der Waals surface area (Å²) < 4.78 is 0. The van der Waals surface area contributed by atoms with Crippen LogP contribution in [0.2, 0.25) is 5.02 Å². The fraction of sp³-hybridized carbons (Fsp3) is 0.389. The minimum absolute atomic E-state index is 0.0326. The molecule has 1 aromatic heterocycles. The average Bonchev–Trinajstić information content (AvgIpc) is 3.06. The fourth-order valence-corrected chi connectivity index (χ4v) is 3.04. The number of ketones is 1. The molecule has 6 heteroatoms. The Kier molecular flexibility index (Phi) is 8.65. The number of amides is 1. The monoisotopic (exact) mass is 366 g/mol. The average molecular weight is 367 g/mol. The Balaban J connectivity index is 0.00000139. The number of thiazole rings is 1. The predicted molar refractivity (Wildman–Crippen MR) is 101 cm³/mol. The molecule has 130 valence electrons. The van der Waals surface area contributed by atoms with Crippen molar-refractivity contribution in [3.8, 4) is 10.6 Å². The lowest BCUT2D eigenvalue weighted by atomic mass is 10.1. The SMILES string of the molecule is CC.CCCC(NC(=O)c1cnc(-c2cccc(Cl)c2)s1)C(C)=O. The van der Waals surface area contributed by atoms with Crippen LogP contribution in [0.1, 0.15) is 50.2 Å². The molecule has 0 bridgehead atoms. The van der Waals surface area contributed by atoms with Gasteiger partial charge in [0.25, 0.3) is 5.91 Å². The number of aromatic nitrogens is 1. The molecule has 0 fully saturated rings. The molecule has 0 aliphatic carbocycles. The van der Waals surface area contributed by atoms with Gasteiger partial charge in [-0.1, -0.05) is 50.9 Å². The number of nitrogens with zero attached hydrogens (tertiary/aromatic N) is 1. The van der Waals surface area contributed by atoms with Crippen LogP contribution in [-0.2, 0) is 4.79 Å². The Morgan fingerprint density at radius 3 is 2.62 bits per heavy atom. The molecule has 1 unspecified atom stereocenters. The van der Waals surface area contributed by atoms with Crippen LogP contribution in [0.4, 0.5) is 0 Å². The summed E-state index contributed by atoms with van der Waals surface area (Å²) in [5.74, 6) is -0.297. The minimum atomic E-state index is -0.436. The maximum Gasteiger partial charge on any atom is 0.263 e. The molecule has 0 radical (unpaired) electrons. The second-order valence-electron chi connectivity index (χ2n) is 4.97. The van der Waals surface area contributed by atoms with Gasteiger partial charge in [-0.2, -0.15) is 0 Å². The molecule has 4 nitrogen and oxygen atoms in total. The number of nitrogens with one attached hydrogen (secondary N) is 1. The maximum absolute atomic E-state index is 12.2. The first-order valence-corrected chi connectivity index (χ1v) is 9.23. The van der Waals surface area contributed by atoms with Crippen LogP contribution in [-0.4, -0.2) is 22.7 Å². The van der Waals surface area contributed by atoms with Crippen molar-refractivity contribution in [2.24, 2.45) is 0 Å². The van der Waals surface area contributed by atoms with Crippen molar-refractivity contribution in [1.29, 1.82) is 0 Å². The van der Waals surface area contributed by atoms with Crippen LogP contribution in [0, 0.1) is 0 Å². The molecule has 0 aliphatic rings. The van der Waals surface area contributed by atoms with Crippen molar-refractivity contribution in [1.82, 2.24) is 10.3 Å². The molecule has 1 heterocycles. The van der Waals surface area contributed by atoms with Crippen molar-refractivity contribution in [2.75, 3.05) is 0 Å². The van der Waals surface area contributed by atoms with E-state index in [9.17, 15) is 9.59 Å². The first-order chi connectivity index (χ1) is 11.5. The minimum Gasteiger partial charge on any atom is -0.341 e. The molecular formula is C18H23ClN2O2S. The second kappa shape index (κ2) is 10.2. The van der Waals surface area contributed by atoms with Crippen LogP contribution in [0.5, 0.6) is 0 Å². The van der Waals surface area contributed by atoms with E-state index in [0.717, 1.165) is 17.0 Å². The van der Waals surface area contributed by atoms with Crippen molar-refractivity contribution >= 4 is 34.6 Å². The second-order valence-corrected chi connectivity index (χ2v) is 6.43. The Labute approximate surface area is 152 Å². The van der Waals surface area contributed by atoms with E-state index in [0.29, 0.717) is 16.3 Å². The molecular weight excluding hydrogens is 344 g/mol. The number of halogens is 1. The van der Waals surface area contributed by atoms with E-state index in [4.69, 9.17) is 11.6 Å². The Morgan fingerprint density at radius 2 is 2.04 bits per heavy atom. The molecule has 0 aliphatic heterocycles. The van der Waals surface area contributed by atoms with Crippen LogP contribution in [0.3, 0.4) is 0 Å². The molecule has 1 atom stereocenters. The van der Waals surface area contributed by atoms with Gasteiger partial charge in [0.2, 0.25) is 0 Å². The topological polar surface area (TPSA) is 59.1 Å². The Morgan fingerprint density at radius 1 is 1.33 bits per heavy atom.